The average Bonchev–Trinajstić information content (AvgIpc) is 2.74. The first-order valence-corrected chi connectivity index (χ1v) is 9.97. The lowest BCUT2D eigenvalue weighted by Crippen LogP contribution is -2.37. The number of morpholine rings is 1. The van der Waals surface area contributed by atoms with Crippen LogP contribution in [-0.4, -0.2) is 56.4 Å². The number of ether oxygens (including phenoxy) is 3. The van der Waals surface area contributed by atoms with Crippen LogP contribution >= 0.6 is 23.2 Å². The molecule has 2 heterocycles. The van der Waals surface area contributed by atoms with Crippen LogP contribution in [0.4, 0.5) is 11.8 Å². The SMILES string of the molecule is COc1ccc(CNc2nc(N3CCOCC3)nc(Cl)c2CCCl)c(OC)c1. The van der Waals surface area contributed by atoms with E-state index in [2.05, 4.69) is 15.2 Å². The highest BCUT2D eigenvalue weighted by Gasteiger charge is 2.19. The van der Waals surface area contributed by atoms with E-state index in [-0.39, 0.29) is 0 Å². The Morgan fingerprint density at radius 2 is 1.96 bits per heavy atom. The Hall–Kier alpha value is -1.96. The summed E-state index contributed by atoms with van der Waals surface area (Å²) in [5.74, 6) is 3.18. The van der Waals surface area contributed by atoms with Gasteiger partial charge in [-0.2, -0.15) is 4.98 Å². The van der Waals surface area contributed by atoms with Gasteiger partial charge in [0.2, 0.25) is 5.95 Å². The molecular weight excluding hydrogens is 403 g/mol. The summed E-state index contributed by atoms with van der Waals surface area (Å²) in [6.07, 6.45) is 0.575. The molecule has 2 aromatic rings. The number of nitrogens with zero attached hydrogens (tertiary/aromatic N) is 3. The van der Waals surface area contributed by atoms with Crippen molar-refractivity contribution in [3.05, 3.63) is 34.5 Å². The largest absolute Gasteiger partial charge is 0.497 e. The molecule has 0 atom stereocenters. The molecule has 0 saturated carbocycles. The van der Waals surface area contributed by atoms with E-state index in [1.807, 2.05) is 18.2 Å². The maximum atomic E-state index is 6.46. The van der Waals surface area contributed by atoms with E-state index in [4.69, 9.17) is 42.4 Å². The summed E-state index contributed by atoms with van der Waals surface area (Å²) < 4.78 is 16.1. The number of halogens is 2. The third kappa shape index (κ3) is 4.90. The van der Waals surface area contributed by atoms with Gasteiger partial charge < -0.3 is 24.4 Å². The first-order valence-electron chi connectivity index (χ1n) is 9.06. The monoisotopic (exact) mass is 426 g/mol. The average molecular weight is 427 g/mol. The van der Waals surface area contributed by atoms with Crippen molar-refractivity contribution in [2.75, 3.05) is 56.6 Å². The quantitative estimate of drug-likeness (QED) is 0.512. The van der Waals surface area contributed by atoms with Crippen molar-refractivity contribution in [1.29, 1.82) is 0 Å². The molecule has 0 amide bonds. The Balaban J connectivity index is 1.85. The van der Waals surface area contributed by atoms with Crippen LogP contribution in [0.1, 0.15) is 11.1 Å². The van der Waals surface area contributed by atoms with Gasteiger partial charge in [-0.05, 0) is 18.6 Å². The van der Waals surface area contributed by atoms with Gasteiger partial charge in [0, 0.05) is 42.7 Å². The lowest BCUT2D eigenvalue weighted by atomic mass is 10.1. The summed E-state index contributed by atoms with van der Waals surface area (Å²) in [4.78, 5) is 11.3. The molecule has 3 rings (SSSR count). The zero-order valence-electron chi connectivity index (χ0n) is 16.0. The van der Waals surface area contributed by atoms with E-state index >= 15 is 0 Å². The number of methoxy groups -OCH3 is 2. The van der Waals surface area contributed by atoms with E-state index in [0.717, 1.165) is 35.7 Å². The number of hydrogen-bond acceptors (Lipinski definition) is 7. The van der Waals surface area contributed by atoms with E-state index in [9.17, 15) is 0 Å². The van der Waals surface area contributed by atoms with Gasteiger partial charge in [-0.1, -0.05) is 11.6 Å². The second kappa shape index (κ2) is 10.0. The van der Waals surface area contributed by atoms with Gasteiger partial charge in [-0.3, -0.25) is 0 Å². The summed E-state index contributed by atoms with van der Waals surface area (Å²) in [6, 6.07) is 5.70. The number of anilines is 2. The van der Waals surface area contributed by atoms with Crippen LogP contribution in [0.2, 0.25) is 5.15 Å². The van der Waals surface area contributed by atoms with Crippen LogP contribution in [0.3, 0.4) is 0 Å². The maximum absolute atomic E-state index is 6.46. The molecule has 1 saturated heterocycles. The number of rotatable bonds is 8. The van der Waals surface area contributed by atoms with Crippen molar-refractivity contribution in [3.8, 4) is 11.5 Å². The lowest BCUT2D eigenvalue weighted by molar-refractivity contribution is 0.122. The van der Waals surface area contributed by atoms with Gasteiger partial charge in [0.25, 0.3) is 0 Å². The fourth-order valence-electron chi connectivity index (χ4n) is 2.99. The Morgan fingerprint density at radius 3 is 2.64 bits per heavy atom. The molecular formula is C19H24Cl2N4O3. The summed E-state index contributed by atoms with van der Waals surface area (Å²) in [5.41, 5.74) is 1.78. The van der Waals surface area contributed by atoms with Crippen molar-refractivity contribution in [2.45, 2.75) is 13.0 Å². The molecule has 0 aliphatic carbocycles. The van der Waals surface area contributed by atoms with Gasteiger partial charge in [0.15, 0.2) is 0 Å². The third-order valence-electron chi connectivity index (χ3n) is 4.52. The molecule has 9 heteroatoms. The Morgan fingerprint density at radius 1 is 1.18 bits per heavy atom. The highest BCUT2D eigenvalue weighted by molar-refractivity contribution is 6.30. The molecule has 28 heavy (non-hydrogen) atoms. The minimum atomic E-state index is 0.418. The molecule has 0 radical (unpaired) electrons. The molecule has 1 aliphatic heterocycles. The van der Waals surface area contributed by atoms with E-state index in [1.54, 1.807) is 14.2 Å². The third-order valence-corrected chi connectivity index (χ3v) is 5.03. The van der Waals surface area contributed by atoms with Crippen molar-refractivity contribution in [2.24, 2.45) is 0 Å². The fourth-order valence-corrected chi connectivity index (χ4v) is 3.44. The zero-order valence-corrected chi connectivity index (χ0v) is 17.5. The molecule has 0 spiro atoms. The van der Waals surface area contributed by atoms with Crippen molar-refractivity contribution in [3.63, 3.8) is 0 Å². The molecule has 1 fully saturated rings. The molecule has 0 unspecified atom stereocenters. The van der Waals surface area contributed by atoms with Crippen molar-refractivity contribution >= 4 is 35.0 Å². The number of aromatic nitrogens is 2. The van der Waals surface area contributed by atoms with Gasteiger partial charge in [0.1, 0.15) is 22.5 Å². The molecule has 7 nitrogen and oxygen atoms in total. The van der Waals surface area contributed by atoms with Crippen molar-refractivity contribution < 1.29 is 14.2 Å². The summed E-state index contributed by atoms with van der Waals surface area (Å²) in [6.45, 7) is 3.28. The van der Waals surface area contributed by atoms with Crippen molar-refractivity contribution in [1.82, 2.24) is 9.97 Å². The smallest absolute Gasteiger partial charge is 0.228 e. The van der Waals surface area contributed by atoms with Gasteiger partial charge in [-0.15, -0.1) is 11.6 Å². The predicted octanol–water partition coefficient (Wildman–Crippen LogP) is 3.38. The van der Waals surface area contributed by atoms with E-state index in [0.29, 0.717) is 49.0 Å². The Bertz CT molecular complexity index is 801. The molecule has 1 N–H and O–H groups in total. The number of benzene rings is 1. The maximum Gasteiger partial charge on any atom is 0.228 e. The molecule has 152 valence electrons. The summed E-state index contributed by atoms with van der Waals surface area (Å²) in [5, 5.41) is 3.79. The number of hydrogen-bond donors (Lipinski definition) is 1. The first-order chi connectivity index (χ1) is 13.7. The molecule has 1 aromatic carbocycles. The molecule has 1 aromatic heterocycles. The minimum absolute atomic E-state index is 0.418. The van der Waals surface area contributed by atoms with Gasteiger partial charge in [0.05, 0.1) is 27.4 Å². The number of nitrogens with one attached hydrogen (secondary N) is 1. The Kier molecular flexibility index (Phi) is 7.42. The Labute approximate surface area is 174 Å². The van der Waals surface area contributed by atoms with E-state index < -0.39 is 0 Å². The second-order valence-electron chi connectivity index (χ2n) is 6.21. The molecule has 0 bridgehead atoms. The van der Waals surface area contributed by atoms with Crippen LogP contribution in [-0.2, 0) is 17.7 Å². The normalized spacial score (nSPS) is 14.1. The van der Waals surface area contributed by atoms with Crippen LogP contribution < -0.4 is 19.7 Å². The van der Waals surface area contributed by atoms with Crippen LogP contribution in [0.5, 0.6) is 11.5 Å². The lowest BCUT2D eigenvalue weighted by Gasteiger charge is -2.27. The molecule has 1 aliphatic rings. The first kappa shape index (κ1) is 20.8. The zero-order chi connectivity index (χ0) is 19.9. The minimum Gasteiger partial charge on any atom is -0.497 e. The summed E-state index contributed by atoms with van der Waals surface area (Å²) in [7, 11) is 3.26. The van der Waals surface area contributed by atoms with E-state index in [1.165, 1.54) is 0 Å². The second-order valence-corrected chi connectivity index (χ2v) is 6.95. The van der Waals surface area contributed by atoms with Crippen LogP contribution in [0, 0.1) is 0 Å². The van der Waals surface area contributed by atoms with Gasteiger partial charge in [-0.25, -0.2) is 4.98 Å². The fraction of sp³-hybridized carbons (Fsp3) is 0.474. The standard InChI is InChI=1S/C19H24Cl2N4O3/c1-26-14-4-3-13(16(11-14)27-2)12-22-18-15(5-6-20)17(21)23-19(24-18)25-7-9-28-10-8-25/h3-4,11H,5-10,12H2,1-2H3,(H,22,23,24). The number of alkyl halides is 1. The summed E-state index contributed by atoms with van der Waals surface area (Å²) >= 11 is 12.4. The van der Waals surface area contributed by atoms with Crippen LogP contribution in [0.15, 0.2) is 18.2 Å². The highest BCUT2D eigenvalue weighted by atomic mass is 35.5. The van der Waals surface area contributed by atoms with Crippen LogP contribution in [0.25, 0.3) is 0 Å². The predicted molar refractivity (Wildman–Crippen MR) is 111 cm³/mol. The topological polar surface area (TPSA) is 68.7 Å². The highest BCUT2D eigenvalue weighted by Crippen LogP contribution is 2.29. The van der Waals surface area contributed by atoms with Gasteiger partial charge >= 0.3 is 0 Å².